The maximum Gasteiger partial charge on any atom is 0.205 e. The summed E-state index contributed by atoms with van der Waals surface area (Å²) in [6.07, 6.45) is 0. The zero-order valence-corrected chi connectivity index (χ0v) is 16.9. The van der Waals surface area contributed by atoms with Gasteiger partial charge in [0.05, 0.1) is 0 Å². The monoisotopic (exact) mass is 418 g/mol. The van der Waals surface area contributed by atoms with Crippen LogP contribution in [0.4, 0.5) is 9.52 Å². The topological polar surface area (TPSA) is 52.5 Å². The third kappa shape index (κ3) is 3.89. The van der Waals surface area contributed by atoms with Crippen molar-refractivity contribution >= 4 is 28.3 Å². The Morgan fingerprint density at radius 2 is 1.82 bits per heavy atom. The Labute approximate surface area is 172 Å². The van der Waals surface area contributed by atoms with Crippen molar-refractivity contribution in [3.63, 3.8) is 0 Å². The van der Waals surface area contributed by atoms with Gasteiger partial charge in [-0.15, -0.1) is 0 Å². The Kier molecular flexibility index (Phi) is 5.33. The summed E-state index contributed by atoms with van der Waals surface area (Å²) in [6.45, 7) is 4.40. The molecule has 8 heteroatoms. The van der Waals surface area contributed by atoms with E-state index in [2.05, 4.69) is 14.3 Å². The molecule has 2 aromatic carbocycles. The fourth-order valence-corrected chi connectivity index (χ4v) is 4.22. The van der Waals surface area contributed by atoms with Crippen LogP contribution in [0.2, 0.25) is 5.02 Å². The number of hydrogen-bond acceptors (Lipinski definition) is 6. The molecule has 0 aliphatic carbocycles. The molecular formula is C20H20ClFN4OS. The van der Waals surface area contributed by atoms with Crippen LogP contribution in [0.15, 0.2) is 48.5 Å². The first kappa shape index (κ1) is 19.3. The van der Waals surface area contributed by atoms with Crippen LogP contribution in [0.3, 0.4) is 0 Å². The average molecular weight is 419 g/mol. The second-order valence-corrected chi connectivity index (χ2v) is 8.08. The molecule has 4 rings (SSSR count). The number of hydrogen-bond donors (Lipinski definition) is 1. The van der Waals surface area contributed by atoms with Gasteiger partial charge in [-0.05, 0) is 43.3 Å². The molecule has 1 fully saturated rings. The number of nitrogens with zero attached hydrogens (tertiary/aromatic N) is 4. The van der Waals surface area contributed by atoms with Gasteiger partial charge in [0.2, 0.25) is 5.13 Å². The summed E-state index contributed by atoms with van der Waals surface area (Å²) >= 11 is 7.30. The van der Waals surface area contributed by atoms with Gasteiger partial charge in [-0.25, -0.2) is 4.39 Å². The number of anilines is 1. The molecule has 1 aromatic heterocycles. The molecule has 5 nitrogen and oxygen atoms in total. The van der Waals surface area contributed by atoms with Crippen molar-refractivity contribution in [1.82, 2.24) is 14.3 Å². The summed E-state index contributed by atoms with van der Waals surface area (Å²) in [4.78, 5) is 8.77. The molecule has 2 heterocycles. The molecule has 1 unspecified atom stereocenters. The second-order valence-electron chi connectivity index (χ2n) is 6.91. The van der Waals surface area contributed by atoms with Crippen molar-refractivity contribution in [3.05, 3.63) is 64.9 Å². The number of piperazine rings is 1. The number of aromatic nitrogens is 2. The minimum atomic E-state index is -1.22. The second kappa shape index (κ2) is 7.75. The van der Waals surface area contributed by atoms with Crippen molar-refractivity contribution in [1.29, 1.82) is 0 Å². The van der Waals surface area contributed by atoms with E-state index in [1.807, 2.05) is 29.2 Å². The molecule has 0 spiro atoms. The molecule has 28 heavy (non-hydrogen) atoms. The standard InChI is InChI=1S/C20H20ClFN4OS/c1-20(27,15-3-2-4-17(22)13-15)26-11-9-25(10-12-26)19-23-18(24-28-19)14-5-7-16(21)8-6-14/h2-8,13,27H,9-12H2,1H3. The molecule has 1 aliphatic rings. The van der Waals surface area contributed by atoms with E-state index in [-0.39, 0.29) is 5.82 Å². The summed E-state index contributed by atoms with van der Waals surface area (Å²) in [7, 11) is 0. The van der Waals surface area contributed by atoms with Gasteiger partial charge < -0.3 is 10.0 Å². The van der Waals surface area contributed by atoms with Crippen LogP contribution in [-0.2, 0) is 5.72 Å². The fraction of sp³-hybridized carbons (Fsp3) is 0.300. The normalized spacial score (nSPS) is 17.5. The first-order chi connectivity index (χ1) is 13.4. The zero-order valence-electron chi connectivity index (χ0n) is 15.3. The molecule has 1 N–H and O–H groups in total. The highest BCUT2D eigenvalue weighted by atomic mass is 35.5. The largest absolute Gasteiger partial charge is 0.372 e. The smallest absolute Gasteiger partial charge is 0.205 e. The van der Waals surface area contributed by atoms with Crippen molar-refractivity contribution in [3.8, 4) is 11.4 Å². The quantitative estimate of drug-likeness (QED) is 0.694. The van der Waals surface area contributed by atoms with Crippen LogP contribution < -0.4 is 4.90 Å². The maximum atomic E-state index is 13.6. The van der Waals surface area contributed by atoms with Gasteiger partial charge in [-0.1, -0.05) is 23.7 Å². The van der Waals surface area contributed by atoms with Crippen molar-refractivity contribution < 1.29 is 9.50 Å². The molecule has 1 atom stereocenters. The van der Waals surface area contributed by atoms with Crippen LogP contribution in [0.1, 0.15) is 12.5 Å². The van der Waals surface area contributed by atoms with Gasteiger partial charge in [0.25, 0.3) is 0 Å². The number of halogens is 2. The Balaban J connectivity index is 1.44. The highest BCUT2D eigenvalue weighted by molar-refractivity contribution is 7.09. The summed E-state index contributed by atoms with van der Waals surface area (Å²) in [5.74, 6) is 0.339. The van der Waals surface area contributed by atoms with Crippen molar-refractivity contribution in [2.24, 2.45) is 0 Å². The lowest BCUT2D eigenvalue weighted by Gasteiger charge is -2.42. The molecule has 1 saturated heterocycles. The summed E-state index contributed by atoms with van der Waals surface area (Å²) in [6, 6.07) is 13.6. The first-order valence-corrected chi connectivity index (χ1v) is 10.2. The Morgan fingerprint density at radius 1 is 1.11 bits per heavy atom. The van der Waals surface area contributed by atoms with Gasteiger partial charge in [-0.3, -0.25) is 4.90 Å². The van der Waals surface area contributed by atoms with Crippen LogP contribution >= 0.6 is 23.1 Å². The van der Waals surface area contributed by atoms with E-state index in [4.69, 9.17) is 11.6 Å². The number of rotatable bonds is 4. The van der Waals surface area contributed by atoms with Crippen LogP contribution in [0.5, 0.6) is 0 Å². The van der Waals surface area contributed by atoms with Gasteiger partial charge >= 0.3 is 0 Å². The highest BCUT2D eigenvalue weighted by Crippen LogP contribution is 2.30. The fourth-order valence-electron chi connectivity index (χ4n) is 3.36. The van der Waals surface area contributed by atoms with Crippen molar-refractivity contribution in [2.75, 3.05) is 31.1 Å². The molecule has 0 bridgehead atoms. The van der Waals surface area contributed by atoms with E-state index in [0.717, 1.165) is 10.7 Å². The number of benzene rings is 2. The Hall–Kier alpha value is -2.06. The average Bonchev–Trinajstić information content (AvgIpc) is 3.19. The lowest BCUT2D eigenvalue weighted by Crippen LogP contribution is -2.54. The zero-order chi connectivity index (χ0) is 19.7. The molecule has 0 radical (unpaired) electrons. The van der Waals surface area contributed by atoms with Gasteiger partial charge in [0.1, 0.15) is 11.5 Å². The summed E-state index contributed by atoms with van der Waals surface area (Å²) in [5, 5.41) is 12.5. The van der Waals surface area contributed by atoms with E-state index in [1.165, 1.54) is 23.7 Å². The van der Waals surface area contributed by atoms with Crippen molar-refractivity contribution in [2.45, 2.75) is 12.6 Å². The predicted octanol–water partition coefficient (Wildman–Crippen LogP) is 3.98. The van der Waals surface area contributed by atoms with Crippen LogP contribution in [0, 0.1) is 5.82 Å². The highest BCUT2D eigenvalue weighted by Gasteiger charge is 2.34. The Bertz CT molecular complexity index is 955. The Morgan fingerprint density at radius 3 is 2.50 bits per heavy atom. The maximum absolute atomic E-state index is 13.6. The summed E-state index contributed by atoms with van der Waals surface area (Å²) < 4.78 is 18.0. The molecule has 146 valence electrons. The third-order valence-corrected chi connectivity index (χ3v) is 6.08. The minimum Gasteiger partial charge on any atom is -0.372 e. The van der Waals surface area contributed by atoms with E-state index in [1.54, 1.807) is 19.1 Å². The number of aliphatic hydroxyl groups is 1. The molecule has 0 saturated carbocycles. The van der Waals surface area contributed by atoms with Gasteiger partial charge in [-0.2, -0.15) is 9.36 Å². The molecule has 3 aromatic rings. The van der Waals surface area contributed by atoms with Crippen LogP contribution in [-0.4, -0.2) is 45.5 Å². The van der Waals surface area contributed by atoms with Gasteiger partial charge in [0.15, 0.2) is 5.82 Å². The first-order valence-electron chi connectivity index (χ1n) is 9.01. The van der Waals surface area contributed by atoms with Gasteiger partial charge in [0, 0.05) is 53.9 Å². The lowest BCUT2D eigenvalue weighted by molar-refractivity contribution is -0.103. The molecular weight excluding hydrogens is 399 g/mol. The van der Waals surface area contributed by atoms with E-state index in [9.17, 15) is 9.50 Å². The third-order valence-electron chi connectivity index (χ3n) is 5.06. The minimum absolute atomic E-state index is 0.347. The summed E-state index contributed by atoms with van der Waals surface area (Å²) in [5.41, 5.74) is 0.269. The molecule has 0 amide bonds. The lowest BCUT2D eigenvalue weighted by atomic mass is 10.0. The predicted molar refractivity (Wildman–Crippen MR) is 110 cm³/mol. The SMILES string of the molecule is CC(O)(c1cccc(F)c1)N1CCN(c2nc(-c3ccc(Cl)cc3)ns2)CC1. The van der Waals surface area contributed by atoms with E-state index in [0.29, 0.717) is 42.6 Å². The van der Waals surface area contributed by atoms with E-state index >= 15 is 0 Å². The molecule has 1 aliphatic heterocycles. The van der Waals surface area contributed by atoms with E-state index < -0.39 is 5.72 Å². The van der Waals surface area contributed by atoms with Crippen LogP contribution in [0.25, 0.3) is 11.4 Å².